The molecule has 2 aromatic rings. The second kappa shape index (κ2) is 9.60. The molecule has 0 saturated carbocycles. The van der Waals surface area contributed by atoms with E-state index in [0.29, 0.717) is 23.7 Å². The van der Waals surface area contributed by atoms with Crippen LogP contribution in [0.25, 0.3) is 0 Å². The third kappa shape index (κ3) is 5.40. The lowest BCUT2D eigenvalue weighted by atomic mass is 9.95. The maximum atomic E-state index is 11.2. The number of hydrogen-bond acceptors (Lipinski definition) is 4. The molecular formula is C23H25F3N2O4. The molecule has 2 N–H and O–H groups in total. The number of piperidine rings is 1. The third-order valence-corrected chi connectivity index (χ3v) is 6.11. The number of rotatable bonds is 4. The Labute approximate surface area is 183 Å². The van der Waals surface area contributed by atoms with E-state index < -0.39 is 18.1 Å². The number of carbonyl (C=O) groups is 2. The standard InChI is InChI=1S/C21H24N2O2.C2HF3O2/c1-22-18-11-12-19(22)14-20(13-18)23(16-5-3-2-4-6-16)17-9-7-15(8-10-17)21(24)25;3-2(4,5)1(6)7/h2-10,18-20H,11-14H2,1H3,(H,24,25);(H,6,7)/t18-,19+,20+;. The van der Waals surface area contributed by atoms with Crippen LogP contribution >= 0.6 is 0 Å². The number of hydrogen-bond donors (Lipinski definition) is 2. The van der Waals surface area contributed by atoms with Gasteiger partial charge in [-0.15, -0.1) is 0 Å². The van der Waals surface area contributed by atoms with Crippen molar-refractivity contribution in [1.82, 2.24) is 4.90 Å². The first-order valence-electron chi connectivity index (χ1n) is 10.3. The fourth-order valence-corrected chi connectivity index (χ4v) is 4.52. The predicted molar refractivity (Wildman–Crippen MR) is 113 cm³/mol. The van der Waals surface area contributed by atoms with E-state index in [1.54, 1.807) is 12.1 Å². The smallest absolute Gasteiger partial charge is 0.478 e. The second-order valence-electron chi connectivity index (χ2n) is 8.04. The van der Waals surface area contributed by atoms with Gasteiger partial charge in [0.1, 0.15) is 0 Å². The van der Waals surface area contributed by atoms with Crippen LogP contribution in [0.3, 0.4) is 0 Å². The first kappa shape index (κ1) is 23.6. The molecule has 9 heteroatoms. The minimum atomic E-state index is -5.08. The Bertz CT molecular complexity index is 921. The van der Waals surface area contributed by atoms with Crippen molar-refractivity contribution in [2.75, 3.05) is 11.9 Å². The van der Waals surface area contributed by atoms with Crippen LogP contribution in [-0.4, -0.2) is 58.4 Å². The van der Waals surface area contributed by atoms with Crippen molar-refractivity contribution in [3.63, 3.8) is 0 Å². The van der Waals surface area contributed by atoms with Crippen LogP contribution in [0.1, 0.15) is 36.0 Å². The fourth-order valence-electron chi connectivity index (χ4n) is 4.52. The molecule has 2 aliphatic heterocycles. The summed E-state index contributed by atoms with van der Waals surface area (Å²) in [5.74, 6) is -3.64. The monoisotopic (exact) mass is 450 g/mol. The molecule has 4 rings (SSSR count). The summed E-state index contributed by atoms with van der Waals surface area (Å²) in [5.41, 5.74) is 2.59. The van der Waals surface area contributed by atoms with Gasteiger partial charge >= 0.3 is 18.1 Å². The Morgan fingerprint density at radius 3 is 1.81 bits per heavy atom. The number of nitrogens with zero attached hydrogens (tertiary/aromatic N) is 2. The third-order valence-electron chi connectivity index (χ3n) is 6.11. The number of carboxylic acids is 2. The number of benzene rings is 2. The summed E-state index contributed by atoms with van der Waals surface area (Å²) in [6, 6.07) is 19.5. The zero-order valence-electron chi connectivity index (χ0n) is 17.5. The molecule has 2 aromatic carbocycles. The summed E-state index contributed by atoms with van der Waals surface area (Å²) in [5, 5.41) is 16.3. The van der Waals surface area contributed by atoms with Crippen molar-refractivity contribution in [3.05, 3.63) is 60.2 Å². The van der Waals surface area contributed by atoms with Crippen molar-refractivity contribution < 1.29 is 33.0 Å². The number of carboxylic acid groups (broad SMARTS) is 2. The molecule has 32 heavy (non-hydrogen) atoms. The fraction of sp³-hybridized carbons (Fsp3) is 0.391. The van der Waals surface area contributed by atoms with E-state index >= 15 is 0 Å². The molecule has 0 aromatic heterocycles. The van der Waals surface area contributed by atoms with Crippen LogP contribution in [-0.2, 0) is 4.79 Å². The van der Waals surface area contributed by atoms with Gasteiger partial charge in [-0.1, -0.05) is 18.2 Å². The SMILES string of the molecule is CN1[C@@H]2CC[C@H]1C[C@@H](N(c1ccccc1)c1ccc(C(=O)O)cc1)C2.O=C(O)C(F)(F)F. The minimum Gasteiger partial charge on any atom is -0.478 e. The highest BCUT2D eigenvalue weighted by atomic mass is 19.4. The number of alkyl halides is 3. The van der Waals surface area contributed by atoms with Gasteiger partial charge in [-0.2, -0.15) is 13.2 Å². The van der Waals surface area contributed by atoms with Gasteiger partial charge in [0.25, 0.3) is 0 Å². The molecule has 2 saturated heterocycles. The van der Waals surface area contributed by atoms with Gasteiger partial charge in [0.15, 0.2) is 0 Å². The molecule has 0 unspecified atom stereocenters. The van der Waals surface area contributed by atoms with E-state index in [4.69, 9.17) is 15.0 Å². The number of aromatic carboxylic acids is 1. The van der Waals surface area contributed by atoms with E-state index in [0.717, 1.165) is 18.5 Å². The Hall–Kier alpha value is -3.07. The van der Waals surface area contributed by atoms with Crippen molar-refractivity contribution in [2.45, 2.75) is 50.0 Å². The van der Waals surface area contributed by atoms with Crippen molar-refractivity contribution >= 4 is 23.3 Å². The number of anilines is 2. The van der Waals surface area contributed by atoms with Crippen LogP contribution in [0.4, 0.5) is 24.5 Å². The quantitative estimate of drug-likeness (QED) is 0.698. The summed E-state index contributed by atoms with van der Waals surface area (Å²) in [6.45, 7) is 0. The summed E-state index contributed by atoms with van der Waals surface area (Å²) in [6.07, 6.45) is -0.193. The molecule has 3 atom stereocenters. The Kier molecular flexibility index (Phi) is 7.08. The van der Waals surface area contributed by atoms with Gasteiger partial charge in [-0.25, -0.2) is 9.59 Å². The molecular weight excluding hydrogens is 425 g/mol. The van der Waals surface area contributed by atoms with E-state index in [2.05, 4.69) is 41.1 Å². The van der Waals surface area contributed by atoms with E-state index in [1.165, 1.54) is 18.5 Å². The molecule has 0 amide bonds. The van der Waals surface area contributed by atoms with E-state index in [-0.39, 0.29) is 0 Å². The molecule has 2 fully saturated rings. The van der Waals surface area contributed by atoms with Gasteiger partial charge in [0.2, 0.25) is 0 Å². The normalized spacial score (nSPS) is 22.6. The topological polar surface area (TPSA) is 81.1 Å². The number of aliphatic carboxylic acids is 1. The van der Waals surface area contributed by atoms with Crippen molar-refractivity contribution in [3.8, 4) is 0 Å². The van der Waals surface area contributed by atoms with E-state index in [9.17, 15) is 18.0 Å². The molecule has 172 valence electrons. The van der Waals surface area contributed by atoms with Crippen LogP contribution in [0.2, 0.25) is 0 Å². The molecule has 2 bridgehead atoms. The molecule has 0 radical (unpaired) electrons. The predicted octanol–water partition coefficient (Wildman–Crippen LogP) is 4.78. The lowest BCUT2D eigenvalue weighted by molar-refractivity contribution is -0.192. The lowest BCUT2D eigenvalue weighted by Crippen LogP contribution is -2.47. The highest BCUT2D eigenvalue weighted by Gasteiger charge is 2.41. The van der Waals surface area contributed by atoms with Gasteiger partial charge in [-0.3, -0.25) is 0 Å². The second-order valence-corrected chi connectivity index (χ2v) is 8.04. The van der Waals surface area contributed by atoms with Crippen LogP contribution in [0.15, 0.2) is 54.6 Å². The largest absolute Gasteiger partial charge is 0.490 e. The average Bonchev–Trinajstić information content (AvgIpc) is 2.95. The average molecular weight is 450 g/mol. The molecule has 2 heterocycles. The summed E-state index contributed by atoms with van der Waals surface area (Å²) in [7, 11) is 2.26. The van der Waals surface area contributed by atoms with Gasteiger partial charge in [0.05, 0.1) is 5.56 Å². The summed E-state index contributed by atoms with van der Waals surface area (Å²) >= 11 is 0. The van der Waals surface area contributed by atoms with Gasteiger partial charge < -0.3 is 20.0 Å². The minimum absolute atomic E-state index is 0.334. The number of fused-ring (bicyclic) bond motifs is 2. The van der Waals surface area contributed by atoms with E-state index in [1.807, 2.05) is 18.2 Å². The van der Waals surface area contributed by atoms with Crippen LogP contribution < -0.4 is 4.90 Å². The first-order valence-corrected chi connectivity index (χ1v) is 10.3. The highest BCUT2D eigenvalue weighted by Crippen LogP contribution is 2.40. The Balaban J connectivity index is 0.000000360. The maximum absolute atomic E-state index is 11.2. The van der Waals surface area contributed by atoms with Crippen molar-refractivity contribution in [1.29, 1.82) is 0 Å². The maximum Gasteiger partial charge on any atom is 0.490 e. The number of para-hydroxylation sites is 1. The highest BCUT2D eigenvalue weighted by molar-refractivity contribution is 5.88. The molecule has 2 aliphatic rings. The molecule has 6 nitrogen and oxygen atoms in total. The van der Waals surface area contributed by atoms with Crippen molar-refractivity contribution in [2.24, 2.45) is 0 Å². The van der Waals surface area contributed by atoms with Crippen LogP contribution in [0.5, 0.6) is 0 Å². The van der Waals surface area contributed by atoms with Gasteiger partial charge in [-0.05, 0) is 69.1 Å². The zero-order chi connectivity index (χ0) is 23.5. The Morgan fingerprint density at radius 1 is 0.906 bits per heavy atom. The summed E-state index contributed by atoms with van der Waals surface area (Å²) in [4.78, 5) is 25.0. The first-order chi connectivity index (χ1) is 15.1. The van der Waals surface area contributed by atoms with Crippen LogP contribution in [0, 0.1) is 0 Å². The Morgan fingerprint density at radius 2 is 1.38 bits per heavy atom. The number of halogens is 3. The van der Waals surface area contributed by atoms with Gasteiger partial charge in [0, 0.05) is 29.5 Å². The lowest BCUT2D eigenvalue weighted by Gasteiger charge is -2.43. The zero-order valence-corrected chi connectivity index (χ0v) is 17.5. The summed E-state index contributed by atoms with van der Waals surface area (Å²) < 4.78 is 31.7. The molecule has 0 aliphatic carbocycles. The molecule has 0 spiro atoms.